The first-order valence-corrected chi connectivity index (χ1v) is 7.93. The van der Waals surface area contributed by atoms with Crippen LogP contribution in [0.5, 0.6) is 11.5 Å². The Hall–Kier alpha value is -2.46. The van der Waals surface area contributed by atoms with Gasteiger partial charge in [0.15, 0.2) is 11.5 Å². The minimum absolute atomic E-state index is 0.158. The summed E-state index contributed by atoms with van der Waals surface area (Å²) in [7, 11) is 3.15. The number of amides is 1. The lowest BCUT2D eigenvalue weighted by atomic mass is 10.1. The number of carbonyl (C=O) groups is 1. The third kappa shape index (κ3) is 5.03. The van der Waals surface area contributed by atoms with Crippen molar-refractivity contribution >= 4 is 23.6 Å². The Kier molecular flexibility index (Phi) is 6.70. The molecule has 0 saturated carbocycles. The summed E-state index contributed by atoms with van der Waals surface area (Å²) in [5.74, 6) is 1.07. The lowest BCUT2D eigenvalue weighted by Crippen LogP contribution is -2.23. The van der Waals surface area contributed by atoms with Crippen molar-refractivity contribution in [2.24, 2.45) is 0 Å². The molecule has 1 N–H and O–H groups in total. The van der Waals surface area contributed by atoms with E-state index in [1.165, 1.54) is 6.08 Å². The van der Waals surface area contributed by atoms with Crippen molar-refractivity contribution in [2.45, 2.75) is 6.42 Å². The molecule has 126 valence electrons. The van der Waals surface area contributed by atoms with Crippen LogP contribution in [0.1, 0.15) is 11.1 Å². The number of methoxy groups -OCH3 is 2. The van der Waals surface area contributed by atoms with Crippen LogP contribution >= 0.6 is 11.6 Å². The van der Waals surface area contributed by atoms with E-state index in [0.717, 1.165) is 17.5 Å². The Morgan fingerprint density at radius 1 is 1.12 bits per heavy atom. The highest BCUT2D eigenvalue weighted by Gasteiger charge is 2.07. The van der Waals surface area contributed by atoms with E-state index in [4.69, 9.17) is 21.1 Å². The number of rotatable bonds is 7. The van der Waals surface area contributed by atoms with Gasteiger partial charge < -0.3 is 14.8 Å². The second-order valence-corrected chi connectivity index (χ2v) is 5.52. The van der Waals surface area contributed by atoms with Gasteiger partial charge >= 0.3 is 0 Å². The maximum atomic E-state index is 11.9. The van der Waals surface area contributed by atoms with E-state index in [0.29, 0.717) is 23.1 Å². The van der Waals surface area contributed by atoms with Crippen LogP contribution in [0.25, 0.3) is 6.08 Å². The SMILES string of the molecule is COc1cccc(/C=C/C(=O)NCCc2ccc(Cl)cc2)c1OC. The van der Waals surface area contributed by atoms with E-state index in [2.05, 4.69) is 5.32 Å². The zero-order valence-electron chi connectivity index (χ0n) is 13.7. The predicted molar refractivity (Wildman–Crippen MR) is 96.7 cm³/mol. The number of benzene rings is 2. The molecule has 2 aromatic rings. The van der Waals surface area contributed by atoms with Gasteiger partial charge in [-0.15, -0.1) is 0 Å². The average molecular weight is 346 g/mol. The summed E-state index contributed by atoms with van der Waals surface area (Å²) in [5.41, 5.74) is 1.91. The van der Waals surface area contributed by atoms with Gasteiger partial charge in [0, 0.05) is 23.2 Å². The molecule has 24 heavy (non-hydrogen) atoms. The van der Waals surface area contributed by atoms with Gasteiger partial charge in [0.05, 0.1) is 14.2 Å². The standard InChI is InChI=1S/C19H20ClNO3/c1-23-17-5-3-4-15(19(17)24-2)8-11-18(22)21-13-12-14-6-9-16(20)10-7-14/h3-11H,12-13H2,1-2H3,(H,21,22)/b11-8+. The summed E-state index contributed by atoms with van der Waals surface area (Å²) < 4.78 is 10.6. The van der Waals surface area contributed by atoms with Gasteiger partial charge in [-0.3, -0.25) is 4.79 Å². The third-order valence-electron chi connectivity index (χ3n) is 3.47. The second-order valence-electron chi connectivity index (χ2n) is 5.08. The zero-order chi connectivity index (χ0) is 17.4. The van der Waals surface area contributed by atoms with Crippen molar-refractivity contribution in [3.05, 3.63) is 64.7 Å². The molecule has 2 aromatic carbocycles. The van der Waals surface area contributed by atoms with Crippen molar-refractivity contribution in [1.29, 1.82) is 0 Å². The van der Waals surface area contributed by atoms with Crippen LogP contribution in [0.2, 0.25) is 5.02 Å². The Labute approximate surface area is 147 Å². The van der Waals surface area contributed by atoms with E-state index in [1.807, 2.05) is 42.5 Å². The fraction of sp³-hybridized carbons (Fsp3) is 0.211. The molecule has 2 rings (SSSR count). The highest BCUT2D eigenvalue weighted by molar-refractivity contribution is 6.30. The normalized spacial score (nSPS) is 10.6. The van der Waals surface area contributed by atoms with Crippen molar-refractivity contribution < 1.29 is 14.3 Å². The Bertz CT molecular complexity index is 711. The molecule has 0 saturated heterocycles. The minimum Gasteiger partial charge on any atom is -0.493 e. The van der Waals surface area contributed by atoms with Crippen molar-refractivity contribution in [1.82, 2.24) is 5.32 Å². The van der Waals surface area contributed by atoms with Gasteiger partial charge in [-0.1, -0.05) is 35.9 Å². The topological polar surface area (TPSA) is 47.6 Å². The highest BCUT2D eigenvalue weighted by Crippen LogP contribution is 2.31. The summed E-state index contributed by atoms with van der Waals surface area (Å²) >= 11 is 5.84. The fourth-order valence-electron chi connectivity index (χ4n) is 2.25. The van der Waals surface area contributed by atoms with Gasteiger partial charge in [0.25, 0.3) is 0 Å². The summed E-state index contributed by atoms with van der Waals surface area (Å²) in [4.78, 5) is 11.9. The number of nitrogens with one attached hydrogen (secondary N) is 1. The average Bonchev–Trinajstić information content (AvgIpc) is 2.61. The fourth-order valence-corrected chi connectivity index (χ4v) is 2.37. The van der Waals surface area contributed by atoms with Gasteiger partial charge in [0.1, 0.15) is 0 Å². The van der Waals surface area contributed by atoms with Crippen LogP contribution in [0, 0.1) is 0 Å². The molecule has 0 atom stereocenters. The van der Waals surface area contributed by atoms with E-state index < -0.39 is 0 Å². The van der Waals surface area contributed by atoms with Crippen LogP contribution < -0.4 is 14.8 Å². The molecule has 0 spiro atoms. The number of hydrogen-bond donors (Lipinski definition) is 1. The first-order chi connectivity index (χ1) is 11.6. The van der Waals surface area contributed by atoms with E-state index in [9.17, 15) is 4.79 Å². The lowest BCUT2D eigenvalue weighted by Gasteiger charge is -2.09. The van der Waals surface area contributed by atoms with Crippen LogP contribution in [-0.2, 0) is 11.2 Å². The van der Waals surface area contributed by atoms with Crippen LogP contribution in [0.3, 0.4) is 0 Å². The lowest BCUT2D eigenvalue weighted by molar-refractivity contribution is -0.116. The van der Waals surface area contributed by atoms with E-state index >= 15 is 0 Å². The number of carbonyl (C=O) groups excluding carboxylic acids is 1. The molecule has 0 heterocycles. The maximum Gasteiger partial charge on any atom is 0.244 e. The first kappa shape index (κ1) is 17.9. The van der Waals surface area contributed by atoms with Crippen LogP contribution in [0.4, 0.5) is 0 Å². The minimum atomic E-state index is -0.158. The molecule has 0 bridgehead atoms. The second kappa shape index (κ2) is 8.99. The molecule has 0 aromatic heterocycles. The molecule has 0 radical (unpaired) electrons. The molecular formula is C19H20ClNO3. The molecule has 0 aliphatic rings. The first-order valence-electron chi connectivity index (χ1n) is 7.55. The third-order valence-corrected chi connectivity index (χ3v) is 3.73. The van der Waals surface area contributed by atoms with E-state index in [-0.39, 0.29) is 5.91 Å². The van der Waals surface area contributed by atoms with Crippen molar-refractivity contribution in [2.75, 3.05) is 20.8 Å². The molecule has 1 amide bonds. The zero-order valence-corrected chi connectivity index (χ0v) is 14.5. The largest absolute Gasteiger partial charge is 0.493 e. The maximum absolute atomic E-state index is 11.9. The molecular weight excluding hydrogens is 326 g/mol. The molecule has 0 fully saturated rings. The summed E-state index contributed by atoms with van der Waals surface area (Å²) in [5, 5.41) is 3.56. The molecule has 0 aliphatic carbocycles. The number of ether oxygens (including phenoxy) is 2. The summed E-state index contributed by atoms with van der Waals surface area (Å²) in [6, 6.07) is 13.1. The van der Waals surface area contributed by atoms with Gasteiger partial charge in [-0.2, -0.15) is 0 Å². The van der Waals surface area contributed by atoms with Gasteiger partial charge in [-0.25, -0.2) is 0 Å². The van der Waals surface area contributed by atoms with Gasteiger partial charge in [-0.05, 0) is 36.3 Å². The number of para-hydroxylation sites is 1. The van der Waals surface area contributed by atoms with Crippen LogP contribution in [0.15, 0.2) is 48.5 Å². The van der Waals surface area contributed by atoms with Crippen molar-refractivity contribution in [3.8, 4) is 11.5 Å². The highest BCUT2D eigenvalue weighted by atomic mass is 35.5. The Morgan fingerprint density at radius 3 is 2.54 bits per heavy atom. The van der Waals surface area contributed by atoms with Gasteiger partial charge in [0.2, 0.25) is 5.91 Å². The molecule has 5 heteroatoms. The predicted octanol–water partition coefficient (Wildman–Crippen LogP) is 3.73. The Balaban J connectivity index is 1.90. The molecule has 4 nitrogen and oxygen atoms in total. The number of hydrogen-bond acceptors (Lipinski definition) is 3. The molecule has 0 unspecified atom stereocenters. The van der Waals surface area contributed by atoms with Crippen LogP contribution in [-0.4, -0.2) is 26.7 Å². The van der Waals surface area contributed by atoms with E-state index in [1.54, 1.807) is 20.3 Å². The summed E-state index contributed by atoms with van der Waals surface area (Å²) in [6.07, 6.45) is 3.94. The smallest absolute Gasteiger partial charge is 0.244 e. The van der Waals surface area contributed by atoms with Crippen molar-refractivity contribution in [3.63, 3.8) is 0 Å². The summed E-state index contributed by atoms with van der Waals surface area (Å²) in [6.45, 7) is 0.556. The Morgan fingerprint density at radius 2 is 1.88 bits per heavy atom. The monoisotopic (exact) mass is 345 g/mol. The molecule has 0 aliphatic heterocycles. The number of halogens is 1. The quantitative estimate of drug-likeness (QED) is 0.778.